The molecule has 0 aliphatic rings. The fraction of sp³-hybridized carbons (Fsp3) is 0.750. The quantitative estimate of drug-likeness (QED) is 0.355. The third-order valence-corrected chi connectivity index (χ3v) is 0. The van der Waals surface area contributed by atoms with Crippen molar-refractivity contribution in [2.24, 2.45) is 0 Å². The van der Waals surface area contributed by atoms with E-state index in [0.29, 0.717) is 0 Å². The van der Waals surface area contributed by atoms with Gasteiger partial charge in [0.15, 0.2) is 0 Å². The first-order valence-electron chi connectivity index (χ1n) is 1.50. The molecule has 0 aliphatic heterocycles. The molecular weight excluding hydrogens is 128 g/mol. The first-order valence-corrected chi connectivity index (χ1v) is 4.50. The van der Waals surface area contributed by atoms with Crippen LogP contribution in [0.4, 0.5) is 0 Å². The second-order valence-corrected chi connectivity index (χ2v) is 4.50. The smallest absolute Gasteiger partial charge is 0.0379 e. The zero-order valence-corrected chi connectivity index (χ0v) is 7.18. The summed E-state index contributed by atoms with van der Waals surface area (Å²) in [6.45, 7) is 6.81. The van der Waals surface area contributed by atoms with Crippen LogP contribution in [-0.4, -0.2) is 8.80 Å². The largest absolute Gasteiger partial charge is 0.358 e. The molecule has 0 rings (SSSR count). The van der Waals surface area contributed by atoms with Crippen molar-refractivity contribution in [2.45, 2.75) is 19.6 Å². The molecular formula is C4H12CrSi-. The van der Waals surface area contributed by atoms with Crippen LogP contribution in [0.15, 0.2) is 0 Å². The predicted octanol–water partition coefficient (Wildman–Crippen LogP) is 1.82. The van der Waals surface area contributed by atoms with Crippen LogP contribution in [0.25, 0.3) is 0 Å². The summed E-state index contributed by atoms with van der Waals surface area (Å²) in [4.78, 5) is 0. The van der Waals surface area contributed by atoms with Crippen LogP contribution < -0.4 is 0 Å². The Bertz CT molecular complexity index is 12.3. The van der Waals surface area contributed by atoms with E-state index in [4.69, 9.17) is 0 Å². The van der Waals surface area contributed by atoms with E-state index < -0.39 is 0 Å². The van der Waals surface area contributed by atoms with E-state index in [-0.39, 0.29) is 33.6 Å². The summed E-state index contributed by atoms with van der Waals surface area (Å²) in [5, 5.41) is 0. The Balaban J connectivity index is -0.0000000450. The average molecular weight is 140 g/mol. The van der Waals surface area contributed by atoms with Crippen molar-refractivity contribution in [3.05, 3.63) is 7.43 Å². The van der Waals surface area contributed by atoms with Gasteiger partial charge >= 0.3 is 0 Å². The summed E-state index contributed by atoms with van der Waals surface area (Å²) in [6, 6.07) is 0. The zero-order chi connectivity index (χ0) is 3.58. The van der Waals surface area contributed by atoms with Gasteiger partial charge in [0.1, 0.15) is 0 Å². The van der Waals surface area contributed by atoms with Gasteiger partial charge in [0.2, 0.25) is 0 Å². The van der Waals surface area contributed by atoms with Crippen molar-refractivity contribution >= 4 is 8.80 Å². The summed E-state index contributed by atoms with van der Waals surface area (Å²) in [5.74, 6) is 0. The summed E-state index contributed by atoms with van der Waals surface area (Å²) < 4.78 is 0. The van der Waals surface area contributed by atoms with Crippen LogP contribution in [0, 0.1) is 7.43 Å². The van der Waals surface area contributed by atoms with Crippen molar-refractivity contribution in [1.29, 1.82) is 0 Å². The molecule has 0 aliphatic carbocycles. The van der Waals surface area contributed by atoms with Gasteiger partial charge in [-0.15, -0.1) is 0 Å². The van der Waals surface area contributed by atoms with Gasteiger partial charge in [-0.25, -0.2) is 0 Å². The van der Waals surface area contributed by atoms with Crippen molar-refractivity contribution in [3.63, 3.8) is 0 Å². The zero-order valence-electron chi connectivity index (χ0n) is 4.91. The van der Waals surface area contributed by atoms with Gasteiger partial charge in [0, 0.05) is 26.2 Å². The fourth-order valence-corrected chi connectivity index (χ4v) is 0. The molecule has 0 saturated carbocycles. The van der Waals surface area contributed by atoms with Crippen LogP contribution in [-0.2, 0) is 17.4 Å². The van der Waals surface area contributed by atoms with Gasteiger partial charge in [-0.2, -0.15) is 0 Å². The number of hydrogen-bond acceptors (Lipinski definition) is 0. The Morgan fingerprint density at radius 3 is 1.00 bits per heavy atom. The molecule has 0 saturated heterocycles. The second-order valence-electron chi connectivity index (χ2n) is 1.50. The van der Waals surface area contributed by atoms with Gasteiger partial charge < -0.3 is 7.43 Å². The maximum absolute atomic E-state index is 2.27. The minimum absolute atomic E-state index is 0. The molecule has 0 atom stereocenters. The normalized spacial score (nSPS) is 6.00. The molecule has 0 unspecified atom stereocenters. The maximum atomic E-state index is 2.27. The standard InChI is InChI=1S/C3H9Si.CH3.Cr/c1-4(2)3;;/h1-3H3;1H3;/q;-1;. The Morgan fingerprint density at radius 1 is 1.00 bits per heavy atom. The van der Waals surface area contributed by atoms with Crippen LogP contribution in [0.1, 0.15) is 0 Å². The van der Waals surface area contributed by atoms with Crippen LogP contribution in [0.5, 0.6) is 0 Å². The van der Waals surface area contributed by atoms with Crippen molar-refractivity contribution in [3.8, 4) is 0 Å². The first-order chi connectivity index (χ1) is 1.73. The van der Waals surface area contributed by atoms with E-state index in [1.165, 1.54) is 0 Å². The molecule has 0 bridgehead atoms. The molecule has 0 aromatic heterocycles. The number of hydrogen-bond donors (Lipinski definition) is 0. The Hall–Kier alpha value is 0.749. The summed E-state index contributed by atoms with van der Waals surface area (Å²) in [5.41, 5.74) is 0. The van der Waals surface area contributed by atoms with E-state index in [1.54, 1.807) is 0 Å². The van der Waals surface area contributed by atoms with E-state index in [9.17, 15) is 0 Å². The van der Waals surface area contributed by atoms with Crippen LogP contribution in [0.3, 0.4) is 0 Å². The molecule has 39 valence electrons. The Kier molecular flexibility index (Phi) is 24.4. The molecule has 6 heavy (non-hydrogen) atoms. The van der Waals surface area contributed by atoms with Gasteiger partial charge in [0.05, 0.1) is 0 Å². The predicted molar refractivity (Wildman–Crippen MR) is 29.8 cm³/mol. The molecule has 2 heteroatoms. The van der Waals surface area contributed by atoms with E-state index in [1.807, 2.05) is 0 Å². The summed E-state index contributed by atoms with van der Waals surface area (Å²) >= 11 is 0. The summed E-state index contributed by atoms with van der Waals surface area (Å²) in [7, 11) is 0.120. The third kappa shape index (κ3) is 119. The van der Waals surface area contributed by atoms with Crippen molar-refractivity contribution < 1.29 is 17.4 Å². The maximum Gasteiger partial charge on any atom is 0.0379 e. The van der Waals surface area contributed by atoms with Crippen molar-refractivity contribution in [1.82, 2.24) is 0 Å². The molecule has 0 heterocycles. The van der Waals surface area contributed by atoms with Crippen LogP contribution in [0.2, 0.25) is 19.6 Å². The molecule has 0 spiro atoms. The van der Waals surface area contributed by atoms with E-state index in [2.05, 4.69) is 19.6 Å². The van der Waals surface area contributed by atoms with Gasteiger partial charge in [-0.3, -0.25) is 0 Å². The van der Waals surface area contributed by atoms with E-state index in [0.717, 1.165) is 0 Å². The molecule has 1 radical (unpaired) electrons. The fourth-order valence-electron chi connectivity index (χ4n) is 0. The van der Waals surface area contributed by atoms with E-state index >= 15 is 0 Å². The van der Waals surface area contributed by atoms with Gasteiger partial charge in [-0.05, 0) is 0 Å². The molecule has 0 amide bonds. The molecule has 0 N–H and O–H groups in total. The SMILES string of the molecule is C[Si](C)C.[CH3-].[Cr]. The second kappa shape index (κ2) is 9.23. The van der Waals surface area contributed by atoms with Crippen LogP contribution >= 0.6 is 0 Å². The Labute approximate surface area is 53.7 Å². The van der Waals surface area contributed by atoms with Crippen molar-refractivity contribution in [2.75, 3.05) is 0 Å². The minimum atomic E-state index is 0. The Morgan fingerprint density at radius 2 is 1.00 bits per heavy atom. The average Bonchev–Trinajstić information content (AvgIpc) is 0.811. The van der Waals surface area contributed by atoms with Gasteiger partial charge in [-0.1, -0.05) is 19.6 Å². The van der Waals surface area contributed by atoms with Gasteiger partial charge in [0.25, 0.3) is 0 Å². The molecule has 0 fully saturated rings. The topological polar surface area (TPSA) is 0 Å². The minimum Gasteiger partial charge on any atom is -0.358 e. The molecule has 0 aromatic carbocycles. The third-order valence-electron chi connectivity index (χ3n) is 0. The number of rotatable bonds is 0. The molecule has 0 nitrogen and oxygen atoms in total. The first kappa shape index (κ1) is 15.9. The summed E-state index contributed by atoms with van der Waals surface area (Å²) in [6.07, 6.45) is 0. The monoisotopic (exact) mass is 140 g/mol. The molecule has 0 aromatic rings.